The number of carbonyl (C=O) groups excluding carboxylic acids is 1. The summed E-state index contributed by atoms with van der Waals surface area (Å²) in [4.78, 5) is 37.7. The summed E-state index contributed by atoms with van der Waals surface area (Å²) in [5.74, 6) is 0.495. The number of aromatic nitrogens is 3. The van der Waals surface area contributed by atoms with Crippen molar-refractivity contribution in [1.82, 2.24) is 19.4 Å². The van der Waals surface area contributed by atoms with Gasteiger partial charge in [0, 0.05) is 19.3 Å². The minimum atomic E-state index is -0.433. The van der Waals surface area contributed by atoms with E-state index in [0.29, 0.717) is 35.0 Å². The molecule has 2 aromatic carbocycles. The molecule has 1 unspecified atom stereocenters. The van der Waals surface area contributed by atoms with E-state index in [9.17, 15) is 9.59 Å². The molecule has 0 spiro atoms. The maximum Gasteiger partial charge on any atom is 0.267 e. The molecule has 4 aromatic rings. The number of rotatable bonds is 7. The Bertz CT molecular complexity index is 1340. The third-order valence-electron chi connectivity index (χ3n) is 5.41. The second-order valence-electron chi connectivity index (χ2n) is 7.84. The number of benzene rings is 2. The van der Waals surface area contributed by atoms with Crippen LogP contribution in [0.1, 0.15) is 25.0 Å². The van der Waals surface area contributed by atoms with Gasteiger partial charge in [0.2, 0.25) is 5.91 Å². The van der Waals surface area contributed by atoms with E-state index in [2.05, 4.69) is 4.98 Å². The smallest absolute Gasteiger partial charge is 0.267 e. The van der Waals surface area contributed by atoms with Crippen molar-refractivity contribution < 1.29 is 4.79 Å². The maximum atomic E-state index is 13.4. The van der Waals surface area contributed by atoms with Gasteiger partial charge in [-0.2, -0.15) is 0 Å². The van der Waals surface area contributed by atoms with E-state index in [1.165, 1.54) is 16.3 Å². The van der Waals surface area contributed by atoms with Crippen LogP contribution >= 0.6 is 11.8 Å². The molecule has 0 aliphatic carbocycles. The van der Waals surface area contributed by atoms with Gasteiger partial charge in [0.1, 0.15) is 5.82 Å². The molecule has 0 aliphatic rings. The fourth-order valence-corrected chi connectivity index (χ4v) is 4.65. The Hall–Kier alpha value is -3.45. The van der Waals surface area contributed by atoms with Crippen LogP contribution in [0, 0.1) is 6.92 Å². The average Bonchev–Trinajstić information content (AvgIpc) is 2.83. The Morgan fingerprint density at radius 3 is 2.55 bits per heavy atom. The number of pyridine rings is 1. The Balaban J connectivity index is 1.70. The molecule has 2 heterocycles. The van der Waals surface area contributed by atoms with E-state index in [1.807, 2.05) is 86.3 Å². The minimum absolute atomic E-state index is 0.00230. The van der Waals surface area contributed by atoms with Crippen LogP contribution in [-0.2, 0) is 11.3 Å². The van der Waals surface area contributed by atoms with Gasteiger partial charge in [-0.3, -0.25) is 9.59 Å². The van der Waals surface area contributed by atoms with Crippen LogP contribution < -0.4 is 5.56 Å². The SMILES string of the molecule is CCN(Cc1ccccc1)C(=O)C(C)Sc1nc2ccccc2c(=O)n1-c1cc(C)ccn1. The van der Waals surface area contributed by atoms with Crippen LogP contribution in [0.3, 0.4) is 0 Å². The van der Waals surface area contributed by atoms with Crippen molar-refractivity contribution in [1.29, 1.82) is 0 Å². The van der Waals surface area contributed by atoms with Crippen LogP contribution in [0.15, 0.2) is 82.9 Å². The maximum absolute atomic E-state index is 13.4. The molecule has 33 heavy (non-hydrogen) atoms. The molecular formula is C26H26N4O2S. The molecule has 0 aliphatic heterocycles. The molecule has 0 bridgehead atoms. The summed E-state index contributed by atoms with van der Waals surface area (Å²) in [6, 6.07) is 20.9. The van der Waals surface area contributed by atoms with Gasteiger partial charge >= 0.3 is 0 Å². The molecule has 7 heteroatoms. The lowest BCUT2D eigenvalue weighted by Crippen LogP contribution is -2.36. The van der Waals surface area contributed by atoms with Crippen LogP contribution in [0.4, 0.5) is 0 Å². The van der Waals surface area contributed by atoms with Gasteiger partial charge in [-0.1, -0.05) is 54.2 Å². The van der Waals surface area contributed by atoms with Crippen molar-refractivity contribution >= 4 is 28.6 Å². The lowest BCUT2D eigenvalue weighted by atomic mass is 10.2. The van der Waals surface area contributed by atoms with Crippen molar-refractivity contribution in [3.8, 4) is 5.82 Å². The van der Waals surface area contributed by atoms with Crippen molar-refractivity contribution in [3.05, 3.63) is 94.4 Å². The van der Waals surface area contributed by atoms with Crippen LogP contribution in [-0.4, -0.2) is 37.1 Å². The van der Waals surface area contributed by atoms with E-state index in [4.69, 9.17) is 4.98 Å². The predicted octanol–water partition coefficient (Wildman–Crippen LogP) is 4.62. The minimum Gasteiger partial charge on any atom is -0.338 e. The summed E-state index contributed by atoms with van der Waals surface area (Å²) in [6.45, 7) is 6.91. The molecule has 0 radical (unpaired) electrons. The number of carbonyl (C=O) groups is 1. The van der Waals surface area contributed by atoms with Crippen LogP contribution in [0.2, 0.25) is 0 Å². The first-order chi connectivity index (χ1) is 16.0. The van der Waals surface area contributed by atoms with Gasteiger partial charge in [0.05, 0.1) is 16.2 Å². The number of amides is 1. The third-order valence-corrected chi connectivity index (χ3v) is 6.45. The zero-order valence-corrected chi connectivity index (χ0v) is 19.7. The van der Waals surface area contributed by atoms with Gasteiger partial charge < -0.3 is 4.90 Å². The third kappa shape index (κ3) is 4.98. The first-order valence-electron chi connectivity index (χ1n) is 10.9. The fraction of sp³-hybridized carbons (Fsp3) is 0.231. The number of thioether (sulfide) groups is 1. The first kappa shape index (κ1) is 22.7. The van der Waals surface area contributed by atoms with Gasteiger partial charge in [0.25, 0.3) is 5.56 Å². The molecule has 0 saturated carbocycles. The van der Waals surface area contributed by atoms with E-state index >= 15 is 0 Å². The Morgan fingerprint density at radius 1 is 1.09 bits per heavy atom. The first-order valence-corrected chi connectivity index (χ1v) is 11.8. The van der Waals surface area contributed by atoms with E-state index in [0.717, 1.165) is 11.1 Å². The molecule has 1 atom stereocenters. The molecule has 0 saturated heterocycles. The molecule has 4 rings (SSSR count). The van der Waals surface area contributed by atoms with E-state index < -0.39 is 5.25 Å². The summed E-state index contributed by atoms with van der Waals surface area (Å²) in [5.41, 5.74) is 2.47. The Kier molecular flexibility index (Phi) is 6.89. The molecule has 168 valence electrons. The largest absolute Gasteiger partial charge is 0.338 e. The Morgan fingerprint density at radius 2 is 1.82 bits per heavy atom. The molecule has 0 N–H and O–H groups in total. The molecular weight excluding hydrogens is 432 g/mol. The standard InChI is InChI=1S/C26H26N4O2S/c1-4-29(17-20-10-6-5-7-11-20)24(31)19(3)33-26-28-22-13-9-8-12-21(22)25(32)30(26)23-16-18(2)14-15-27-23/h5-16,19H,4,17H2,1-3H3. The highest BCUT2D eigenvalue weighted by atomic mass is 32.2. The fourth-order valence-electron chi connectivity index (χ4n) is 3.65. The summed E-state index contributed by atoms with van der Waals surface area (Å²) in [5, 5.41) is 0.537. The summed E-state index contributed by atoms with van der Waals surface area (Å²) in [7, 11) is 0. The number of nitrogens with zero attached hydrogens (tertiary/aromatic N) is 4. The number of fused-ring (bicyclic) bond motifs is 1. The molecule has 1 amide bonds. The van der Waals surface area contributed by atoms with Gasteiger partial charge in [-0.05, 0) is 56.2 Å². The van der Waals surface area contributed by atoms with Gasteiger partial charge in [0.15, 0.2) is 5.16 Å². The molecule has 6 nitrogen and oxygen atoms in total. The highest BCUT2D eigenvalue weighted by Crippen LogP contribution is 2.26. The van der Waals surface area contributed by atoms with Crippen LogP contribution in [0.5, 0.6) is 0 Å². The predicted molar refractivity (Wildman–Crippen MR) is 133 cm³/mol. The quantitative estimate of drug-likeness (QED) is 0.299. The summed E-state index contributed by atoms with van der Waals surface area (Å²) < 4.78 is 1.51. The molecule has 0 fully saturated rings. The summed E-state index contributed by atoms with van der Waals surface area (Å²) >= 11 is 1.28. The van der Waals surface area contributed by atoms with E-state index in [-0.39, 0.29) is 11.5 Å². The monoisotopic (exact) mass is 458 g/mol. The summed E-state index contributed by atoms with van der Waals surface area (Å²) in [6.07, 6.45) is 1.67. The molecule has 2 aromatic heterocycles. The number of para-hydroxylation sites is 1. The Labute approximate surface area is 197 Å². The second-order valence-corrected chi connectivity index (χ2v) is 9.15. The van der Waals surface area contributed by atoms with Gasteiger partial charge in [-0.15, -0.1) is 0 Å². The van der Waals surface area contributed by atoms with Crippen molar-refractivity contribution in [2.24, 2.45) is 0 Å². The number of hydrogen-bond donors (Lipinski definition) is 0. The normalized spacial score (nSPS) is 12.0. The second kappa shape index (κ2) is 10.0. The number of aryl methyl sites for hydroxylation is 1. The lowest BCUT2D eigenvalue weighted by molar-refractivity contribution is -0.130. The topological polar surface area (TPSA) is 68.1 Å². The van der Waals surface area contributed by atoms with Crippen molar-refractivity contribution in [3.63, 3.8) is 0 Å². The van der Waals surface area contributed by atoms with Crippen molar-refractivity contribution in [2.45, 2.75) is 37.7 Å². The average molecular weight is 459 g/mol. The number of hydrogen-bond acceptors (Lipinski definition) is 5. The highest BCUT2D eigenvalue weighted by Gasteiger charge is 2.24. The highest BCUT2D eigenvalue weighted by molar-refractivity contribution is 8.00. The zero-order chi connectivity index (χ0) is 23.4. The zero-order valence-electron chi connectivity index (χ0n) is 18.9. The van der Waals surface area contributed by atoms with Gasteiger partial charge in [-0.25, -0.2) is 14.5 Å². The van der Waals surface area contributed by atoms with E-state index in [1.54, 1.807) is 12.3 Å². The lowest BCUT2D eigenvalue weighted by Gasteiger charge is -2.24. The van der Waals surface area contributed by atoms with Crippen LogP contribution in [0.25, 0.3) is 16.7 Å². The van der Waals surface area contributed by atoms with Crippen molar-refractivity contribution in [2.75, 3.05) is 6.54 Å².